The van der Waals surface area contributed by atoms with Crippen LogP contribution < -0.4 is 0 Å². The van der Waals surface area contributed by atoms with Gasteiger partial charge in [-0.2, -0.15) is 0 Å². The average molecular weight is 370 g/mol. The summed E-state index contributed by atoms with van der Waals surface area (Å²) in [5, 5.41) is 0. The van der Waals surface area contributed by atoms with Gasteiger partial charge in [-0.1, -0.05) is 44.2 Å². The highest BCUT2D eigenvalue weighted by atomic mass is 16.5. The Labute approximate surface area is 161 Å². The summed E-state index contributed by atoms with van der Waals surface area (Å²) < 4.78 is 7.85. The van der Waals surface area contributed by atoms with E-state index in [0.717, 1.165) is 18.8 Å². The lowest BCUT2D eigenvalue weighted by molar-refractivity contribution is -0.153. The molecule has 1 unspecified atom stereocenters. The number of aromatic nitrogens is 2. The van der Waals surface area contributed by atoms with Crippen molar-refractivity contribution in [3.05, 3.63) is 54.1 Å². The number of carbonyl (C=O) groups excluding carboxylic acids is 2. The van der Waals surface area contributed by atoms with Crippen molar-refractivity contribution < 1.29 is 14.3 Å². The molecule has 0 aliphatic rings. The van der Waals surface area contributed by atoms with Gasteiger partial charge in [0, 0.05) is 25.4 Å². The van der Waals surface area contributed by atoms with Gasteiger partial charge in [0.05, 0.1) is 6.42 Å². The smallest absolute Gasteiger partial charge is 0.307 e. The topological polar surface area (TPSA) is 61.2 Å². The fourth-order valence-corrected chi connectivity index (χ4v) is 3.39. The highest BCUT2D eigenvalue weighted by Gasteiger charge is 2.28. The zero-order valence-electron chi connectivity index (χ0n) is 16.8. The molecule has 2 aromatic rings. The monoisotopic (exact) mass is 370 g/mol. The maximum atomic E-state index is 12.6. The number of carbonyl (C=O) groups is 2. The van der Waals surface area contributed by atoms with Crippen LogP contribution in [0, 0.1) is 5.41 Å². The molecule has 0 amide bonds. The van der Waals surface area contributed by atoms with Gasteiger partial charge in [0.1, 0.15) is 11.6 Å². The highest BCUT2D eigenvalue weighted by Crippen LogP contribution is 2.29. The molecular weight excluding hydrogens is 340 g/mol. The van der Waals surface area contributed by atoms with Crippen molar-refractivity contribution in [2.45, 2.75) is 66.0 Å². The molecule has 0 radical (unpaired) electrons. The zero-order valence-corrected chi connectivity index (χ0v) is 16.8. The molecule has 0 spiro atoms. The van der Waals surface area contributed by atoms with Crippen LogP contribution in [0.3, 0.4) is 0 Å². The minimum Gasteiger partial charge on any atom is -0.454 e. The standard InChI is InChI=1S/C22H30N2O3/c1-5-24-14-13-23-21(24)19(12-11-18-9-7-6-8-10-18)27-20(26)16-22(3,4)15-17(2)25/h6-10,13-14,19H,5,11-12,15-16H2,1-4H3. The number of ether oxygens (including phenoxy) is 1. The maximum absolute atomic E-state index is 12.6. The van der Waals surface area contributed by atoms with Gasteiger partial charge in [-0.15, -0.1) is 0 Å². The first-order valence-corrected chi connectivity index (χ1v) is 9.54. The quantitative estimate of drug-likeness (QED) is 0.577. The van der Waals surface area contributed by atoms with Crippen molar-refractivity contribution in [2.24, 2.45) is 5.41 Å². The molecule has 1 aromatic carbocycles. The lowest BCUT2D eigenvalue weighted by atomic mass is 9.84. The predicted octanol–water partition coefficient (Wildman–Crippen LogP) is 4.52. The number of aryl methyl sites for hydroxylation is 2. The number of hydrogen-bond acceptors (Lipinski definition) is 4. The van der Waals surface area contributed by atoms with Crippen molar-refractivity contribution in [2.75, 3.05) is 0 Å². The Hall–Kier alpha value is -2.43. The van der Waals surface area contributed by atoms with Crippen molar-refractivity contribution in [1.29, 1.82) is 0 Å². The third-order valence-electron chi connectivity index (χ3n) is 4.54. The normalized spacial score (nSPS) is 12.6. The van der Waals surface area contributed by atoms with E-state index in [1.54, 1.807) is 13.1 Å². The van der Waals surface area contributed by atoms with Crippen LogP contribution in [0.5, 0.6) is 0 Å². The molecule has 146 valence electrons. The molecule has 2 rings (SSSR count). The molecule has 1 heterocycles. The molecular formula is C22H30N2O3. The first-order valence-electron chi connectivity index (χ1n) is 9.54. The predicted molar refractivity (Wildman–Crippen MR) is 105 cm³/mol. The van der Waals surface area contributed by atoms with Gasteiger partial charge in [-0.3, -0.25) is 4.79 Å². The summed E-state index contributed by atoms with van der Waals surface area (Å²) in [5.41, 5.74) is 0.789. The van der Waals surface area contributed by atoms with E-state index in [4.69, 9.17) is 4.74 Å². The SMILES string of the molecule is CCn1ccnc1C(CCc1ccccc1)OC(=O)CC(C)(C)CC(C)=O. The summed E-state index contributed by atoms with van der Waals surface area (Å²) in [5.74, 6) is 0.561. The molecule has 0 saturated carbocycles. The number of benzene rings is 1. The molecule has 27 heavy (non-hydrogen) atoms. The van der Waals surface area contributed by atoms with Crippen LogP contribution in [-0.2, 0) is 27.3 Å². The van der Waals surface area contributed by atoms with Crippen LogP contribution in [0.1, 0.15) is 64.4 Å². The summed E-state index contributed by atoms with van der Waals surface area (Å²) in [7, 11) is 0. The molecule has 1 aromatic heterocycles. The summed E-state index contributed by atoms with van der Waals surface area (Å²) in [6.45, 7) is 8.19. The third-order valence-corrected chi connectivity index (χ3v) is 4.54. The van der Waals surface area contributed by atoms with Crippen LogP contribution in [0.25, 0.3) is 0 Å². The third kappa shape index (κ3) is 6.66. The number of nitrogens with zero attached hydrogens (tertiary/aromatic N) is 2. The van der Waals surface area contributed by atoms with E-state index in [2.05, 4.69) is 17.1 Å². The van der Waals surface area contributed by atoms with Gasteiger partial charge in [-0.25, -0.2) is 4.98 Å². The van der Waals surface area contributed by atoms with Crippen LogP contribution >= 0.6 is 0 Å². The fourth-order valence-electron chi connectivity index (χ4n) is 3.39. The maximum Gasteiger partial charge on any atom is 0.307 e. The first-order chi connectivity index (χ1) is 12.8. The Bertz CT molecular complexity index is 750. The Kier molecular flexibility index (Phi) is 7.34. The minimum absolute atomic E-state index is 0.0787. The number of hydrogen-bond donors (Lipinski definition) is 0. The number of Topliss-reactive ketones (excluding diaryl/α,β-unsaturated/α-hetero) is 1. The molecule has 0 fully saturated rings. The lowest BCUT2D eigenvalue weighted by Gasteiger charge is -2.24. The van der Waals surface area contributed by atoms with E-state index in [1.165, 1.54) is 5.56 Å². The van der Waals surface area contributed by atoms with Gasteiger partial charge < -0.3 is 14.1 Å². The summed E-state index contributed by atoms with van der Waals surface area (Å²) >= 11 is 0. The van der Waals surface area contributed by atoms with E-state index in [0.29, 0.717) is 12.8 Å². The summed E-state index contributed by atoms with van der Waals surface area (Å²) in [4.78, 5) is 28.4. The van der Waals surface area contributed by atoms with E-state index in [9.17, 15) is 9.59 Å². The number of rotatable bonds is 10. The number of ketones is 1. The first kappa shape index (κ1) is 20.9. The second-order valence-electron chi connectivity index (χ2n) is 7.79. The lowest BCUT2D eigenvalue weighted by Crippen LogP contribution is -2.24. The van der Waals surface area contributed by atoms with E-state index in [1.807, 2.05) is 49.7 Å². The van der Waals surface area contributed by atoms with Gasteiger partial charge >= 0.3 is 5.97 Å². The van der Waals surface area contributed by atoms with Crippen LogP contribution in [0.4, 0.5) is 0 Å². The fraction of sp³-hybridized carbons (Fsp3) is 0.500. The van der Waals surface area contributed by atoms with Crippen molar-refractivity contribution >= 4 is 11.8 Å². The largest absolute Gasteiger partial charge is 0.454 e. The minimum atomic E-state index is -0.410. The number of esters is 1. The van der Waals surface area contributed by atoms with E-state index < -0.39 is 11.5 Å². The van der Waals surface area contributed by atoms with Gasteiger partial charge in [0.2, 0.25) is 0 Å². The Morgan fingerprint density at radius 1 is 1.19 bits per heavy atom. The molecule has 5 heteroatoms. The van der Waals surface area contributed by atoms with Crippen molar-refractivity contribution in [3.63, 3.8) is 0 Å². The van der Waals surface area contributed by atoms with E-state index in [-0.39, 0.29) is 18.2 Å². The Morgan fingerprint density at radius 2 is 1.89 bits per heavy atom. The molecule has 0 bridgehead atoms. The van der Waals surface area contributed by atoms with Crippen LogP contribution in [0.15, 0.2) is 42.7 Å². The molecule has 0 saturated heterocycles. The van der Waals surface area contributed by atoms with Gasteiger partial charge in [0.25, 0.3) is 0 Å². The second-order valence-corrected chi connectivity index (χ2v) is 7.79. The summed E-state index contributed by atoms with van der Waals surface area (Å²) in [6, 6.07) is 10.1. The van der Waals surface area contributed by atoms with Crippen LogP contribution in [0.2, 0.25) is 0 Å². The summed E-state index contributed by atoms with van der Waals surface area (Å²) in [6.07, 6.45) is 5.27. The molecule has 0 aliphatic carbocycles. The van der Waals surface area contributed by atoms with Gasteiger partial charge in [0.15, 0.2) is 6.10 Å². The average Bonchev–Trinajstić information content (AvgIpc) is 3.06. The number of imidazole rings is 1. The van der Waals surface area contributed by atoms with E-state index >= 15 is 0 Å². The zero-order chi connectivity index (χ0) is 19.9. The molecule has 0 N–H and O–H groups in total. The molecule has 5 nitrogen and oxygen atoms in total. The van der Waals surface area contributed by atoms with Crippen molar-refractivity contribution in [3.8, 4) is 0 Å². The second kappa shape index (κ2) is 9.49. The molecule has 0 aliphatic heterocycles. The molecule has 1 atom stereocenters. The van der Waals surface area contributed by atoms with Crippen molar-refractivity contribution in [1.82, 2.24) is 9.55 Å². The Balaban J connectivity index is 2.09. The van der Waals surface area contributed by atoms with Crippen LogP contribution in [-0.4, -0.2) is 21.3 Å². The Morgan fingerprint density at radius 3 is 2.52 bits per heavy atom. The highest BCUT2D eigenvalue weighted by molar-refractivity contribution is 5.78. The van der Waals surface area contributed by atoms with Gasteiger partial charge in [-0.05, 0) is 37.7 Å².